The van der Waals surface area contributed by atoms with E-state index < -0.39 is 0 Å². The normalized spacial score (nSPS) is 18.1. The van der Waals surface area contributed by atoms with E-state index >= 15 is 0 Å². The lowest BCUT2D eigenvalue weighted by Crippen LogP contribution is -2.37. The number of hydrogen-bond donors (Lipinski definition) is 0. The van der Waals surface area contributed by atoms with Crippen LogP contribution in [0.15, 0.2) is 12.4 Å². The molecule has 0 N–H and O–H groups in total. The van der Waals surface area contributed by atoms with Crippen LogP contribution in [0.25, 0.3) is 0 Å². The van der Waals surface area contributed by atoms with Gasteiger partial charge in [0, 0.05) is 39.5 Å². The molecule has 116 valence electrons. The highest BCUT2D eigenvalue weighted by atomic mass is 16.5. The van der Waals surface area contributed by atoms with E-state index in [9.17, 15) is 4.79 Å². The zero-order valence-electron chi connectivity index (χ0n) is 13.1. The van der Waals surface area contributed by atoms with Crippen molar-refractivity contribution in [2.45, 2.75) is 12.5 Å². The fraction of sp³-hybridized carbons (Fsp3) is 0.643. The second-order valence-electron chi connectivity index (χ2n) is 5.69. The molecule has 1 saturated heterocycles. The van der Waals surface area contributed by atoms with Crippen molar-refractivity contribution in [3.8, 4) is 5.88 Å². The van der Waals surface area contributed by atoms with Crippen LogP contribution in [0.5, 0.6) is 5.88 Å². The van der Waals surface area contributed by atoms with Crippen molar-refractivity contribution in [1.29, 1.82) is 0 Å². The van der Waals surface area contributed by atoms with Gasteiger partial charge in [0.1, 0.15) is 6.10 Å². The maximum atomic E-state index is 12.0. The van der Waals surface area contributed by atoms with E-state index in [1.54, 1.807) is 12.4 Å². The Bertz CT molecular complexity index is 492. The zero-order chi connectivity index (χ0) is 15.4. The molecular weight excluding hydrogens is 270 g/mol. The van der Waals surface area contributed by atoms with Crippen molar-refractivity contribution >= 4 is 11.7 Å². The number of carbonyl (C=O) groups is 1. The number of amides is 1. The predicted molar refractivity (Wildman–Crippen MR) is 80.5 cm³/mol. The molecule has 1 unspecified atom stereocenters. The second kappa shape index (κ2) is 6.71. The summed E-state index contributed by atoms with van der Waals surface area (Å²) in [5.74, 6) is 1.36. The molecular formula is C14H23N5O2. The number of ether oxygens (including phenoxy) is 1. The predicted octanol–water partition coefficient (Wildman–Crippen LogP) is 0.0839. The van der Waals surface area contributed by atoms with Crippen LogP contribution in [-0.4, -0.2) is 79.6 Å². The van der Waals surface area contributed by atoms with Crippen LogP contribution < -0.4 is 9.64 Å². The summed E-state index contributed by atoms with van der Waals surface area (Å²) in [6.07, 6.45) is 4.06. The van der Waals surface area contributed by atoms with Crippen molar-refractivity contribution in [3.05, 3.63) is 12.4 Å². The highest BCUT2D eigenvalue weighted by Gasteiger charge is 2.28. The summed E-state index contributed by atoms with van der Waals surface area (Å²) in [6, 6.07) is 0. The van der Waals surface area contributed by atoms with Gasteiger partial charge in [-0.1, -0.05) is 0 Å². The van der Waals surface area contributed by atoms with Crippen molar-refractivity contribution in [2.75, 3.05) is 52.7 Å². The third-order valence-corrected chi connectivity index (χ3v) is 3.30. The second-order valence-corrected chi connectivity index (χ2v) is 5.69. The third-order valence-electron chi connectivity index (χ3n) is 3.30. The smallest absolute Gasteiger partial charge is 0.257 e. The van der Waals surface area contributed by atoms with Gasteiger partial charge in [-0.15, -0.1) is 0 Å². The topological polar surface area (TPSA) is 61.8 Å². The minimum absolute atomic E-state index is 0.0217. The monoisotopic (exact) mass is 293 g/mol. The van der Waals surface area contributed by atoms with Crippen molar-refractivity contribution < 1.29 is 9.53 Å². The first-order chi connectivity index (χ1) is 9.97. The summed E-state index contributed by atoms with van der Waals surface area (Å²) in [7, 11) is 7.59. The highest BCUT2D eigenvalue weighted by Crippen LogP contribution is 2.24. The Labute approximate surface area is 125 Å². The molecule has 1 aliphatic heterocycles. The van der Waals surface area contributed by atoms with Crippen molar-refractivity contribution in [3.63, 3.8) is 0 Å². The largest absolute Gasteiger partial charge is 0.470 e. The minimum atomic E-state index is -0.0217. The molecule has 2 rings (SSSR count). The summed E-state index contributed by atoms with van der Waals surface area (Å²) < 4.78 is 5.93. The van der Waals surface area contributed by atoms with Crippen LogP contribution in [-0.2, 0) is 4.79 Å². The molecule has 7 nitrogen and oxygen atoms in total. The Balaban J connectivity index is 1.95. The Morgan fingerprint density at radius 3 is 2.71 bits per heavy atom. The minimum Gasteiger partial charge on any atom is -0.470 e. The lowest BCUT2D eigenvalue weighted by Gasteiger charge is -2.20. The highest BCUT2D eigenvalue weighted by molar-refractivity contribution is 5.78. The summed E-state index contributed by atoms with van der Waals surface area (Å²) in [6.45, 7) is 1.77. The lowest BCUT2D eigenvalue weighted by molar-refractivity contribution is -0.131. The molecule has 0 aromatic carbocycles. The Kier molecular flexibility index (Phi) is 4.95. The summed E-state index contributed by atoms with van der Waals surface area (Å²) in [5, 5.41) is 0. The Morgan fingerprint density at radius 1 is 1.33 bits per heavy atom. The number of likely N-dealkylation sites (tertiary alicyclic amines) is 1. The molecule has 0 saturated carbocycles. The first-order valence-corrected chi connectivity index (χ1v) is 7.05. The van der Waals surface area contributed by atoms with Gasteiger partial charge in [0.25, 0.3) is 5.88 Å². The Morgan fingerprint density at radius 2 is 2.05 bits per heavy atom. The molecule has 7 heteroatoms. The van der Waals surface area contributed by atoms with Crippen LogP contribution in [0.1, 0.15) is 6.42 Å². The summed E-state index contributed by atoms with van der Waals surface area (Å²) in [4.78, 5) is 26.1. The number of likely N-dealkylation sites (N-methyl/N-ethyl adjacent to an activating group) is 1. The van der Waals surface area contributed by atoms with E-state index in [1.807, 2.05) is 42.9 Å². The lowest BCUT2D eigenvalue weighted by atomic mass is 10.3. The number of nitrogens with zero attached hydrogens (tertiary/aromatic N) is 5. The van der Waals surface area contributed by atoms with Gasteiger partial charge in [-0.2, -0.15) is 0 Å². The summed E-state index contributed by atoms with van der Waals surface area (Å²) >= 11 is 0. The van der Waals surface area contributed by atoms with E-state index in [0.717, 1.165) is 13.0 Å². The molecule has 0 bridgehead atoms. The molecule has 1 aliphatic rings. The van der Waals surface area contributed by atoms with E-state index in [1.165, 1.54) is 0 Å². The van der Waals surface area contributed by atoms with Gasteiger partial charge < -0.3 is 19.4 Å². The molecule has 0 spiro atoms. The number of aromatic nitrogens is 2. The SMILES string of the molecule is CN(C)CC(=O)N1CCC(Oc2nccnc2N(C)C)C1. The fourth-order valence-corrected chi connectivity index (χ4v) is 2.29. The van der Waals surface area contributed by atoms with E-state index in [0.29, 0.717) is 24.8 Å². The maximum absolute atomic E-state index is 12.0. The quantitative estimate of drug-likeness (QED) is 0.766. The molecule has 0 aliphatic carbocycles. The standard InChI is InChI=1S/C14H23N5O2/c1-17(2)10-12(20)19-8-5-11(9-19)21-14-13(18(3)4)15-6-7-16-14/h6-7,11H,5,8-10H2,1-4H3. The van der Waals surface area contributed by atoms with Gasteiger partial charge >= 0.3 is 0 Å². The van der Waals surface area contributed by atoms with E-state index in [4.69, 9.17) is 4.74 Å². The van der Waals surface area contributed by atoms with Crippen LogP contribution in [0, 0.1) is 0 Å². The van der Waals surface area contributed by atoms with Crippen LogP contribution in [0.2, 0.25) is 0 Å². The average molecular weight is 293 g/mol. The third kappa shape index (κ3) is 4.04. The number of hydrogen-bond acceptors (Lipinski definition) is 6. The van der Waals surface area contributed by atoms with Crippen LogP contribution in [0.3, 0.4) is 0 Å². The summed E-state index contributed by atoms with van der Waals surface area (Å²) in [5.41, 5.74) is 0. The van der Waals surface area contributed by atoms with Gasteiger partial charge in [-0.25, -0.2) is 9.97 Å². The van der Waals surface area contributed by atoms with E-state index in [-0.39, 0.29) is 12.0 Å². The fourth-order valence-electron chi connectivity index (χ4n) is 2.29. The van der Waals surface area contributed by atoms with Gasteiger partial charge in [0.05, 0.1) is 13.1 Å². The van der Waals surface area contributed by atoms with Gasteiger partial charge in [0.15, 0.2) is 5.82 Å². The zero-order valence-corrected chi connectivity index (χ0v) is 13.1. The van der Waals surface area contributed by atoms with Gasteiger partial charge in [-0.3, -0.25) is 4.79 Å². The molecule has 1 fully saturated rings. The average Bonchev–Trinajstić information content (AvgIpc) is 2.87. The number of anilines is 1. The molecule has 0 radical (unpaired) electrons. The molecule has 1 amide bonds. The Hall–Kier alpha value is -1.89. The molecule has 21 heavy (non-hydrogen) atoms. The molecule has 2 heterocycles. The van der Waals surface area contributed by atoms with Crippen molar-refractivity contribution in [2.24, 2.45) is 0 Å². The van der Waals surface area contributed by atoms with Crippen LogP contribution in [0.4, 0.5) is 5.82 Å². The molecule has 1 aromatic rings. The first-order valence-electron chi connectivity index (χ1n) is 7.05. The molecule has 1 atom stereocenters. The number of carbonyl (C=O) groups excluding carboxylic acids is 1. The van der Waals surface area contributed by atoms with Crippen LogP contribution >= 0.6 is 0 Å². The first kappa shape index (κ1) is 15.5. The van der Waals surface area contributed by atoms with Gasteiger partial charge in [0.2, 0.25) is 5.91 Å². The maximum Gasteiger partial charge on any atom is 0.257 e. The molecule has 1 aromatic heterocycles. The van der Waals surface area contributed by atoms with Gasteiger partial charge in [-0.05, 0) is 14.1 Å². The van der Waals surface area contributed by atoms with E-state index in [2.05, 4.69) is 9.97 Å². The van der Waals surface area contributed by atoms with Crippen molar-refractivity contribution in [1.82, 2.24) is 19.8 Å². The number of rotatable bonds is 5.